The van der Waals surface area contributed by atoms with E-state index in [1.807, 2.05) is 28.8 Å². The van der Waals surface area contributed by atoms with Crippen molar-refractivity contribution in [3.63, 3.8) is 0 Å². The van der Waals surface area contributed by atoms with E-state index in [4.69, 9.17) is 28.7 Å². The number of ether oxygens (including phenoxy) is 5. The number of para-hydroxylation sites is 2. The zero-order valence-electron chi connectivity index (χ0n) is 21.1. The Morgan fingerprint density at radius 1 is 1.03 bits per heavy atom. The maximum atomic E-state index is 13.9. The van der Waals surface area contributed by atoms with E-state index >= 15 is 0 Å². The molecule has 1 aromatic heterocycles. The van der Waals surface area contributed by atoms with Crippen LogP contribution in [-0.4, -0.2) is 69.6 Å². The summed E-state index contributed by atoms with van der Waals surface area (Å²) in [5.41, 5.74) is 2.11. The number of fused-ring (bicyclic) bond motifs is 3. The van der Waals surface area contributed by atoms with Crippen LogP contribution in [0, 0.1) is 5.92 Å². The summed E-state index contributed by atoms with van der Waals surface area (Å²) in [6, 6.07) is 10.3. The molecule has 1 aliphatic heterocycles. The van der Waals surface area contributed by atoms with Crippen LogP contribution < -0.4 is 19.1 Å². The number of anilines is 1. The van der Waals surface area contributed by atoms with Crippen molar-refractivity contribution in [3.05, 3.63) is 42.0 Å². The molecule has 1 aliphatic rings. The normalized spacial score (nSPS) is 17.1. The van der Waals surface area contributed by atoms with Gasteiger partial charge in [-0.3, -0.25) is 14.5 Å². The molecule has 10 nitrogen and oxygen atoms in total. The summed E-state index contributed by atoms with van der Waals surface area (Å²) in [5, 5.41) is 0. The van der Waals surface area contributed by atoms with Gasteiger partial charge in [0.05, 0.1) is 45.0 Å². The van der Waals surface area contributed by atoms with Crippen LogP contribution in [0.5, 0.6) is 17.2 Å². The van der Waals surface area contributed by atoms with Crippen molar-refractivity contribution in [2.45, 2.75) is 19.4 Å². The van der Waals surface area contributed by atoms with Crippen molar-refractivity contribution in [1.29, 1.82) is 0 Å². The van der Waals surface area contributed by atoms with Gasteiger partial charge in [-0.25, -0.2) is 4.98 Å². The average molecular weight is 498 g/mol. The fourth-order valence-electron chi connectivity index (χ4n) is 4.70. The molecule has 0 saturated heterocycles. The van der Waals surface area contributed by atoms with E-state index in [0.717, 1.165) is 5.52 Å². The van der Waals surface area contributed by atoms with Gasteiger partial charge in [-0.2, -0.15) is 0 Å². The molecule has 1 amide bonds. The number of carbonyl (C=O) groups is 2. The van der Waals surface area contributed by atoms with Gasteiger partial charge >= 0.3 is 5.97 Å². The quantitative estimate of drug-likeness (QED) is 0.239. The van der Waals surface area contributed by atoms with E-state index in [2.05, 4.69) is 0 Å². The SMILES string of the molecule is CCOC(=O)[C@@H]1C(=O)N(CCCOC)c2nc3ccccc3n2[C@@H]1c1cc(OC)c(OC)c(OC)c1. The molecule has 0 N–H and O–H groups in total. The maximum Gasteiger partial charge on any atom is 0.321 e. The zero-order chi connectivity index (χ0) is 25.8. The Bertz CT molecular complexity index is 1230. The van der Waals surface area contributed by atoms with Crippen molar-refractivity contribution in [2.75, 3.05) is 53.1 Å². The van der Waals surface area contributed by atoms with Crippen LogP contribution in [0.4, 0.5) is 5.95 Å². The Morgan fingerprint density at radius 3 is 2.33 bits per heavy atom. The Kier molecular flexibility index (Phi) is 7.64. The third-order valence-corrected chi connectivity index (χ3v) is 6.24. The highest BCUT2D eigenvalue weighted by molar-refractivity contribution is 6.08. The topological polar surface area (TPSA) is 101 Å². The number of hydrogen-bond donors (Lipinski definition) is 0. The van der Waals surface area contributed by atoms with Gasteiger partial charge in [0, 0.05) is 20.3 Å². The minimum Gasteiger partial charge on any atom is -0.493 e. The molecule has 192 valence electrons. The Labute approximate surface area is 209 Å². The largest absolute Gasteiger partial charge is 0.493 e. The molecule has 4 rings (SSSR count). The first kappa shape index (κ1) is 25.3. The highest BCUT2D eigenvalue weighted by atomic mass is 16.5. The zero-order valence-corrected chi connectivity index (χ0v) is 21.1. The molecular formula is C26H31N3O7. The molecule has 0 fully saturated rings. The smallest absolute Gasteiger partial charge is 0.321 e. The van der Waals surface area contributed by atoms with E-state index in [0.29, 0.717) is 53.8 Å². The fraction of sp³-hybridized carbons (Fsp3) is 0.423. The van der Waals surface area contributed by atoms with Gasteiger partial charge in [0.2, 0.25) is 17.6 Å². The average Bonchev–Trinajstić information content (AvgIpc) is 3.27. The third-order valence-electron chi connectivity index (χ3n) is 6.24. The highest BCUT2D eigenvalue weighted by Crippen LogP contribution is 2.46. The molecule has 0 bridgehead atoms. The third kappa shape index (κ3) is 4.32. The van der Waals surface area contributed by atoms with E-state index in [1.54, 1.807) is 31.1 Å². The summed E-state index contributed by atoms with van der Waals surface area (Å²) in [7, 11) is 6.16. The second-order valence-electron chi connectivity index (χ2n) is 8.24. The van der Waals surface area contributed by atoms with Crippen LogP contribution in [0.2, 0.25) is 0 Å². The molecule has 0 saturated carbocycles. The van der Waals surface area contributed by atoms with Crippen LogP contribution in [-0.2, 0) is 19.1 Å². The van der Waals surface area contributed by atoms with Crippen LogP contribution >= 0.6 is 0 Å². The minimum absolute atomic E-state index is 0.145. The molecule has 2 atom stereocenters. The van der Waals surface area contributed by atoms with Gasteiger partial charge in [0.25, 0.3) is 0 Å². The van der Waals surface area contributed by atoms with Crippen molar-refractivity contribution in [3.8, 4) is 17.2 Å². The monoisotopic (exact) mass is 497 g/mol. The van der Waals surface area contributed by atoms with Gasteiger partial charge < -0.3 is 28.3 Å². The number of methoxy groups -OCH3 is 4. The standard InChI is InChI=1S/C26H31N3O7/c1-6-36-25(31)21-22(16-14-19(33-3)23(35-5)20(15-16)34-4)29-18-11-8-7-10-17(18)27-26(29)28(24(21)30)12-9-13-32-2/h7-8,10-11,14-15,21-22H,6,9,12-13H2,1-5H3/t21-,22+/m0/s1. The predicted octanol–water partition coefficient (Wildman–Crippen LogP) is 3.21. The van der Waals surface area contributed by atoms with Gasteiger partial charge in [-0.1, -0.05) is 12.1 Å². The van der Waals surface area contributed by atoms with Gasteiger partial charge in [-0.05, 0) is 43.2 Å². The number of benzene rings is 2. The molecule has 0 spiro atoms. The molecule has 0 aliphatic carbocycles. The molecule has 10 heteroatoms. The van der Waals surface area contributed by atoms with Crippen molar-refractivity contribution < 1.29 is 33.3 Å². The first-order valence-corrected chi connectivity index (χ1v) is 11.7. The van der Waals surface area contributed by atoms with E-state index in [1.165, 1.54) is 21.3 Å². The lowest BCUT2D eigenvalue weighted by Gasteiger charge is -2.38. The van der Waals surface area contributed by atoms with Gasteiger partial charge in [-0.15, -0.1) is 0 Å². The summed E-state index contributed by atoms with van der Waals surface area (Å²) in [6.45, 7) is 2.66. The van der Waals surface area contributed by atoms with Crippen molar-refractivity contribution in [1.82, 2.24) is 9.55 Å². The van der Waals surface area contributed by atoms with Crippen LogP contribution in [0.25, 0.3) is 11.0 Å². The Balaban J connectivity index is 2.00. The lowest BCUT2D eigenvalue weighted by atomic mass is 9.89. The number of amides is 1. The molecular weight excluding hydrogens is 466 g/mol. The number of imidazole rings is 1. The number of aromatic nitrogens is 2. The van der Waals surface area contributed by atoms with E-state index in [-0.39, 0.29) is 12.5 Å². The number of nitrogens with zero attached hydrogens (tertiary/aromatic N) is 3. The molecule has 3 aromatic rings. The van der Waals surface area contributed by atoms with Gasteiger partial charge in [0.1, 0.15) is 0 Å². The maximum absolute atomic E-state index is 13.9. The summed E-state index contributed by atoms with van der Waals surface area (Å²) in [5.74, 6) is -0.453. The number of esters is 1. The lowest BCUT2D eigenvalue weighted by Crippen LogP contribution is -2.50. The van der Waals surface area contributed by atoms with E-state index < -0.39 is 17.9 Å². The van der Waals surface area contributed by atoms with Crippen molar-refractivity contribution >= 4 is 28.9 Å². The lowest BCUT2D eigenvalue weighted by molar-refractivity contribution is -0.153. The number of carbonyl (C=O) groups excluding carboxylic acids is 2. The summed E-state index contributed by atoms with van der Waals surface area (Å²) in [6.07, 6.45) is 0.579. The van der Waals surface area contributed by atoms with Crippen LogP contribution in [0.15, 0.2) is 36.4 Å². The Morgan fingerprint density at radius 2 is 1.72 bits per heavy atom. The molecule has 0 unspecified atom stereocenters. The second kappa shape index (κ2) is 10.9. The fourth-order valence-corrected chi connectivity index (χ4v) is 4.70. The Hall–Kier alpha value is -3.79. The predicted molar refractivity (Wildman–Crippen MR) is 133 cm³/mol. The van der Waals surface area contributed by atoms with Crippen molar-refractivity contribution in [2.24, 2.45) is 5.92 Å². The molecule has 2 heterocycles. The molecule has 2 aromatic carbocycles. The molecule has 36 heavy (non-hydrogen) atoms. The van der Waals surface area contributed by atoms with Crippen LogP contribution in [0.1, 0.15) is 24.9 Å². The van der Waals surface area contributed by atoms with Crippen LogP contribution in [0.3, 0.4) is 0 Å². The number of rotatable bonds is 10. The number of hydrogen-bond acceptors (Lipinski definition) is 8. The van der Waals surface area contributed by atoms with Gasteiger partial charge in [0.15, 0.2) is 17.4 Å². The first-order chi connectivity index (χ1) is 17.5. The minimum atomic E-state index is -1.15. The molecule has 0 radical (unpaired) electrons. The second-order valence-corrected chi connectivity index (χ2v) is 8.24. The summed E-state index contributed by atoms with van der Waals surface area (Å²) in [4.78, 5) is 33.6. The first-order valence-electron chi connectivity index (χ1n) is 11.7. The summed E-state index contributed by atoms with van der Waals surface area (Å²) >= 11 is 0. The summed E-state index contributed by atoms with van der Waals surface area (Å²) < 4.78 is 29.1. The highest BCUT2D eigenvalue weighted by Gasteiger charge is 2.48. The van der Waals surface area contributed by atoms with E-state index in [9.17, 15) is 9.59 Å².